The van der Waals surface area contributed by atoms with Gasteiger partial charge in [-0.2, -0.15) is 5.26 Å². The van der Waals surface area contributed by atoms with Gasteiger partial charge in [-0.1, -0.05) is 18.7 Å². The number of rotatable bonds is 6. The van der Waals surface area contributed by atoms with E-state index in [0.717, 1.165) is 17.4 Å². The Hall–Kier alpha value is -1.06. The number of nitriles is 1. The lowest BCUT2D eigenvalue weighted by Gasteiger charge is -2.26. The maximum absolute atomic E-state index is 9.38. The molecule has 0 bridgehead atoms. The molecule has 0 amide bonds. The van der Waals surface area contributed by atoms with Crippen LogP contribution >= 0.6 is 11.8 Å². The molecule has 1 aromatic rings. The van der Waals surface area contributed by atoms with E-state index in [9.17, 15) is 5.26 Å². The van der Waals surface area contributed by atoms with Gasteiger partial charge in [0.1, 0.15) is 11.4 Å². The first-order valence-electron chi connectivity index (χ1n) is 6.65. The summed E-state index contributed by atoms with van der Waals surface area (Å²) in [6.45, 7) is 6.07. The van der Waals surface area contributed by atoms with E-state index in [-0.39, 0.29) is 0 Å². The molecule has 1 saturated carbocycles. The number of hydrogen-bond acceptors (Lipinski definition) is 5. The van der Waals surface area contributed by atoms with Crippen molar-refractivity contribution in [3.63, 3.8) is 0 Å². The topological polar surface area (TPSA) is 66.5 Å². The van der Waals surface area contributed by atoms with E-state index < -0.39 is 5.54 Å². The van der Waals surface area contributed by atoms with Crippen LogP contribution in [0.25, 0.3) is 0 Å². The van der Waals surface area contributed by atoms with E-state index in [1.165, 1.54) is 12.8 Å². The van der Waals surface area contributed by atoms with Gasteiger partial charge >= 0.3 is 0 Å². The molecule has 104 valence electrons. The van der Waals surface area contributed by atoms with Gasteiger partial charge in [0.15, 0.2) is 5.16 Å². The van der Waals surface area contributed by atoms with E-state index in [2.05, 4.69) is 28.5 Å². The Bertz CT molecular complexity index is 488. The average molecular weight is 279 g/mol. The summed E-state index contributed by atoms with van der Waals surface area (Å²) in [5.74, 6) is 0.911. The Balaban J connectivity index is 1.94. The largest absolute Gasteiger partial charge is 0.309 e. The molecule has 6 heteroatoms. The monoisotopic (exact) mass is 279 g/mol. The van der Waals surface area contributed by atoms with Gasteiger partial charge in [0.05, 0.1) is 6.07 Å². The molecule has 1 fully saturated rings. The maximum atomic E-state index is 9.38. The highest BCUT2D eigenvalue weighted by molar-refractivity contribution is 7.99. The first kappa shape index (κ1) is 14.4. The molecule has 1 heterocycles. The molecule has 1 aromatic heterocycles. The fourth-order valence-electron chi connectivity index (χ4n) is 2.10. The third-order valence-corrected chi connectivity index (χ3v) is 4.54. The number of hydrogen-bond donors (Lipinski definition) is 1. The molecule has 0 aromatic carbocycles. The summed E-state index contributed by atoms with van der Waals surface area (Å²) in [6.07, 6.45) is 3.19. The lowest BCUT2D eigenvalue weighted by atomic mass is 9.98. The SMILES string of the molecule is Cc1nnc(SC(C)CC(C)(C#N)NC2CC2)n1C. The van der Waals surface area contributed by atoms with Crippen LogP contribution in [0.2, 0.25) is 0 Å². The van der Waals surface area contributed by atoms with Gasteiger partial charge < -0.3 is 4.57 Å². The third kappa shape index (κ3) is 3.71. The van der Waals surface area contributed by atoms with Crippen LogP contribution in [-0.4, -0.2) is 31.6 Å². The predicted molar refractivity (Wildman–Crippen MR) is 75.9 cm³/mol. The third-order valence-electron chi connectivity index (χ3n) is 3.40. The minimum Gasteiger partial charge on any atom is -0.309 e. The normalized spacial score (nSPS) is 19.7. The molecule has 5 nitrogen and oxygen atoms in total. The number of nitrogens with one attached hydrogen (secondary N) is 1. The molecule has 0 saturated heterocycles. The maximum Gasteiger partial charge on any atom is 0.191 e. The summed E-state index contributed by atoms with van der Waals surface area (Å²) in [5, 5.41) is 22.3. The van der Waals surface area contributed by atoms with E-state index in [4.69, 9.17) is 0 Å². The van der Waals surface area contributed by atoms with Gasteiger partial charge in [-0.15, -0.1) is 10.2 Å². The highest BCUT2D eigenvalue weighted by Crippen LogP contribution is 2.30. The van der Waals surface area contributed by atoms with Gasteiger partial charge in [-0.25, -0.2) is 0 Å². The van der Waals surface area contributed by atoms with Crippen molar-refractivity contribution in [2.75, 3.05) is 0 Å². The standard InChI is InChI=1S/C13H21N5S/c1-9(19-12-17-16-10(2)18(12)4)7-13(3,8-14)15-11-5-6-11/h9,11,15H,5-7H2,1-4H3. The lowest BCUT2D eigenvalue weighted by molar-refractivity contribution is 0.414. The summed E-state index contributed by atoms with van der Waals surface area (Å²) in [7, 11) is 1.97. The first-order valence-corrected chi connectivity index (χ1v) is 7.53. The molecule has 1 aliphatic carbocycles. The summed E-state index contributed by atoms with van der Waals surface area (Å²) < 4.78 is 1.99. The molecule has 1 aliphatic rings. The van der Waals surface area contributed by atoms with Crippen molar-refractivity contribution < 1.29 is 0 Å². The van der Waals surface area contributed by atoms with Crippen LogP contribution in [0.5, 0.6) is 0 Å². The first-order chi connectivity index (χ1) is 8.93. The van der Waals surface area contributed by atoms with Crippen molar-refractivity contribution >= 4 is 11.8 Å². The molecule has 2 atom stereocenters. The second kappa shape index (κ2) is 5.51. The van der Waals surface area contributed by atoms with Crippen LogP contribution < -0.4 is 5.32 Å². The highest BCUT2D eigenvalue weighted by atomic mass is 32.2. The van der Waals surface area contributed by atoms with Gasteiger partial charge in [-0.3, -0.25) is 5.32 Å². The number of aryl methyl sites for hydroxylation is 1. The number of nitrogens with zero attached hydrogens (tertiary/aromatic N) is 4. The van der Waals surface area contributed by atoms with Crippen LogP contribution in [-0.2, 0) is 7.05 Å². The highest BCUT2D eigenvalue weighted by Gasteiger charge is 2.34. The van der Waals surface area contributed by atoms with Gasteiger partial charge in [0, 0.05) is 18.3 Å². The number of thioether (sulfide) groups is 1. The van der Waals surface area contributed by atoms with Crippen LogP contribution in [0.15, 0.2) is 5.16 Å². The Morgan fingerprint density at radius 1 is 1.58 bits per heavy atom. The minimum atomic E-state index is -0.443. The Morgan fingerprint density at radius 3 is 2.74 bits per heavy atom. The summed E-state index contributed by atoms with van der Waals surface area (Å²) >= 11 is 1.68. The predicted octanol–water partition coefficient (Wildman–Crippen LogP) is 2.03. The molecule has 0 spiro atoms. The van der Waals surface area contributed by atoms with Crippen LogP contribution in [0.4, 0.5) is 0 Å². The molecule has 2 rings (SSSR count). The van der Waals surface area contributed by atoms with Crippen LogP contribution in [0.3, 0.4) is 0 Å². The van der Waals surface area contributed by atoms with Crippen LogP contribution in [0.1, 0.15) is 38.9 Å². The zero-order valence-corrected chi connectivity index (χ0v) is 12.8. The van der Waals surface area contributed by atoms with Crippen molar-refractivity contribution in [1.82, 2.24) is 20.1 Å². The van der Waals surface area contributed by atoms with Crippen LogP contribution in [0, 0.1) is 18.3 Å². The molecule has 2 unspecified atom stereocenters. The zero-order chi connectivity index (χ0) is 14.0. The van der Waals surface area contributed by atoms with Crippen molar-refractivity contribution in [3.8, 4) is 6.07 Å². The Kier molecular flexibility index (Phi) is 4.16. The summed E-state index contributed by atoms with van der Waals surface area (Å²) in [5.41, 5.74) is -0.443. The van der Waals surface area contributed by atoms with Crippen molar-refractivity contribution in [2.24, 2.45) is 7.05 Å². The molecule has 19 heavy (non-hydrogen) atoms. The van der Waals surface area contributed by atoms with E-state index >= 15 is 0 Å². The molecule has 1 N–H and O–H groups in total. The zero-order valence-electron chi connectivity index (χ0n) is 12.0. The van der Waals surface area contributed by atoms with Gasteiger partial charge in [-0.05, 0) is 33.1 Å². The summed E-state index contributed by atoms with van der Waals surface area (Å²) in [6, 6.07) is 2.96. The van der Waals surface area contributed by atoms with E-state index in [1.54, 1.807) is 11.8 Å². The molecule has 0 aliphatic heterocycles. The molecular weight excluding hydrogens is 258 g/mol. The van der Waals surface area contributed by atoms with Gasteiger partial charge in [0.2, 0.25) is 0 Å². The summed E-state index contributed by atoms with van der Waals surface area (Å²) in [4.78, 5) is 0. The van der Waals surface area contributed by atoms with Crippen molar-refractivity contribution in [2.45, 2.75) is 62.0 Å². The second-order valence-electron chi connectivity index (χ2n) is 5.58. The minimum absolute atomic E-state index is 0.318. The Labute approximate surface area is 118 Å². The quantitative estimate of drug-likeness (QED) is 0.807. The van der Waals surface area contributed by atoms with Crippen molar-refractivity contribution in [1.29, 1.82) is 5.26 Å². The van der Waals surface area contributed by atoms with Gasteiger partial charge in [0.25, 0.3) is 0 Å². The molecular formula is C13H21N5S. The Morgan fingerprint density at radius 2 is 2.26 bits per heavy atom. The van der Waals surface area contributed by atoms with Crippen molar-refractivity contribution in [3.05, 3.63) is 5.82 Å². The second-order valence-corrected chi connectivity index (χ2v) is 6.99. The van der Waals surface area contributed by atoms with E-state index in [0.29, 0.717) is 11.3 Å². The lowest BCUT2D eigenvalue weighted by Crippen LogP contribution is -2.44. The fourth-order valence-corrected chi connectivity index (χ4v) is 3.26. The smallest absolute Gasteiger partial charge is 0.191 e. The van der Waals surface area contributed by atoms with E-state index in [1.807, 2.05) is 25.5 Å². The fraction of sp³-hybridized carbons (Fsp3) is 0.769. The average Bonchev–Trinajstić information content (AvgIpc) is 3.11. The molecule has 0 radical (unpaired) electrons. The number of aromatic nitrogens is 3.